The van der Waals surface area contributed by atoms with Crippen LogP contribution >= 0.6 is 0 Å². The van der Waals surface area contributed by atoms with E-state index in [0.29, 0.717) is 12.5 Å². The summed E-state index contributed by atoms with van der Waals surface area (Å²) in [5, 5.41) is 3.34. The van der Waals surface area contributed by atoms with Crippen LogP contribution in [0.2, 0.25) is 0 Å². The fraction of sp³-hybridized carbons (Fsp3) is 0.909. The molecule has 0 aromatic heterocycles. The fourth-order valence-corrected chi connectivity index (χ4v) is 1.27. The zero-order chi connectivity index (χ0) is 11.7. The highest BCUT2D eigenvalue weighted by Gasteiger charge is 2.08. The van der Waals surface area contributed by atoms with Crippen LogP contribution in [0.5, 0.6) is 0 Å². The van der Waals surface area contributed by atoms with Gasteiger partial charge in [-0.05, 0) is 40.2 Å². The molecule has 1 atom stereocenters. The summed E-state index contributed by atoms with van der Waals surface area (Å²) in [5.41, 5.74) is 5.12. The summed E-state index contributed by atoms with van der Waals surface area (Å²) < 4.78 is 4.55. The van der Waals surface area contributed by atoms with E-state index in [-0.39, 0.29) is 5.60 Å². The van der Waals surface area contributed by atoms with Gasteiger partial charge in [0.2, 0.25) is 0 Å². The molecule has 0 spiro atoms. The van der Waals surface area contributed by atoms with Gasteiger partial charge in [-0.3, -0.25) is 4.79 Å². The van der Waals surface area contributed by atoms with Crippen LogP contribution in [0, 0.1) is 0 Å². The van der Waals surface area contributed by atoms with Gasteiger partial charge in [-0.1, -0.05) is 6.42 Å². The molecule has 0 aromatic rings. The molecule has 0 amide bonds. The van der Waals surface area contributed by atoms with E-state index in [1.165, 1.54) is 25.8 Å². The van der Waals surface area contributed by atoms with Gasteiger partial charge in [0.25, 0.3) is 6.47 Å². The lowest BCUT2D eigenvalue weighted by atomic mass is 10.1. The lowest BCUT2D eigenvalue weighted by Gasteiger charge is -2.21. The number of hydrogen-bond donors (Lipinski definition) is 2. The molecule has 90 valence electrons. The second kappa shape index (κ2) is 7.65. The van der Waals surface area contributed by atoms with E-state index < -0.39 is 0 Å². The smallest absolute Gasteiger partial charge is 0.293 e. The van der Waals surface area contributed by atoms with Crippen molar-refractivity contribution < 1.29 is 9.53 Å². The Balaban J connectivity index is 0.000000265. The van der Waals surface area contributed by atoms with Crippen molar-refractivity contribution in [2.45, 2.75) is 51.7 Å². The number of ether oxygens (including phenoxy) is 1. The maximum Gasteiger partial charge on any atom is 0.293 e. The number of hydrogen-bond acceptors (Lipinski definition) is 4. The number of piperidine rings is 1. The maximum absolute atomic E-state index is 9.60. The first-order chi connectivity index (χ1) is 6.99. The summed E-state index contributed by atoms with van der Waals surface area (Å²) >= 11 is 0. The Kier molecular flexibility index (Phi) is 7.34. The van der Waals surface area contributed by atoms with Crippen molar-refractivity contribution in [3.05, 3.63) is 0 Å². The van der Waals surface area contributed by atoms with E-state index in [9.17, 15) is 4.79 Å². The van der Waals surface area contributed by atoms with Gasteiger partial charge in [-0.15, -0.1) is 0 Å². The van der Waals surface area contributed by atoms with Gasteiger partial charge < -0.3 is 15.8 Å². The molecule has 15 heavy (non-hydrogen) atoms. The highest BCUT2D eigenvalue weighted by atomic mass is 16.5. The third-order valence-corrected chi connectivity index (χ3v) is 2.10. The van der Waals surface area contributed by atoms with Gasteiger partial charge >= 0.3 is 0 Å². The second-order valence-corrected chi connectivity index (χ2v) is 4.71. The number of carbonyl (C=O) groups excluding carboxylic acids is 1. The Morgan fingerprint density at radius 2 is 2.13 bits per heavy atom. The molecular formula is C11H24N2O2. The van der Waals surface area contributed by atoms with Gasteiger partial charge in [-0.25, -0.2) is 0 Å². The van der Waals surface area contributed by atoms with Crippen LogP contribution in [0.1, 0.15) is 40.0 Å². The molecule has 0 aliphatic carbocycles. The van der Waals surface area contributed by atoms with E-state index in [1.807, 2.05) is 20.8 Å². The normalized spacial score (nSPS) is 21.2. The Morgan fingerprint density at radius 3 is 2.33 bits per heavy atom. The molecule has 1 saturated heterocycles. The summed E-state index contributed by atoms with van der Waals surface area (Å²) in [5.74, 6) is 0. The Hall–Kier alpha value is -0.610. The predicted molar refractivity (Wildman–Crippen MR) is 61.6 cm³/mol. The Labute approximate surface area is 92.6 Å². The van der Waals surface area contributed by atoms with Crippen molar-refractivity contribution in [3.8, 4) is 0 Å². The van der Waals surface area contributed by atoms with Gasteiger partial charge in [-0.2, -0.15) is 0 Å². The highest BCUT2D eigenvalue weighted by Crippen LogP contribution is 2.04. The quantitative estimate of drug-likeness (QED) is 0.677. The molecule has 1 aliphatic rings. The van der Waals surface area contributed by atoms with E-state index in [1.54, 1.807) is 0 Å². The highest BCUT2D eigenvalue weighted by molar-refractivity contribution is 5.37. The molecular weight excluding hydrogens is 192 g/mol. The van der Waals surface area contributed by atoms with Crippen molar-refractivity contribution in [3.63, 3.8) is 0 Å². The van der Waals surface area contributed by atoms with Crippen molar-refractivity contribution in [1.82, 2.24) is 5.32 Å². The number of rotatable bonds is 2. The Bertz CT molecular complexity index is 160. The SMILES string of the molecule is CC(C)(C)OC=O.NC[C@H]1CCCCN1. The molecule has 3 N–H and O–H groups in total. The van der Waals surface area contributed by atoms with Crippen LogP contribution in [0.3, 0.4) is 0 Å². The molecule has 1 rings (SSSR count). The third kappa shape index (κ3) is 9.69. The van der Waals surface area contributed by atoms with E-state index in [4.69, 9.17) is 5.73 Å². The molecule has 0 radical (unpaired) electrons. The van der Waals surface area contributed by atoms with Crippen LogP contribution in [0.15, 0.2) is 0 Å². The van der Waals surface area contributed by atoms with E-state index in [0.717, 1.165) is 6.54 Å². The first-order valence-electron chi connectivity index (χ1n) is 5.54. The standard InChI is InChI=1S/C6H14N2.C5H10O2/c7-5-6-3-1-2-4-8-6;1-5(2,3)7-4-6/h6,8H,1-5,7H2;4H,1-3H3/t6-;/m1./s1. The summed E-state index contributed by atoms with van der Waals surface area (Å²) in [4.78, 5) is 9.60. The van der Waals surface area contributed by atoms with Crippen LogP contribution in [0.4, 0.5) is 0 Å². The average Bonchev–Trinajstić information content (AvgIpc) is 2.18. The molecule has 0 bridgehead atoms. The van der Waals surface area contributed by atoms with Crippen molar-refractivity contribution in [2.75, 3.05) is 13.1 Å². The number of nitrogens with one attached hydrogen (secondary N) is 1. The average molecular weight is 216 g/mol. The molecule has 0 aromatic carbocycles. The minimum Gasteiger partial charge on any atom is -0.462 e. The molecule has 1 heterocycles. The van der Waals surface area contributed by atoms with Crippen LogP contribution < -0.4 is 11.1 Å². The first kappa shape index (κ1) is 14.4. The number of carbonyl (C=O) groups is 1. The fourth-order valence-electron chi connectivity index (χ4n) is 1.27. The van der Waals surface area contributed by atoms with E-state index in [2.05, 4.69) is 10.1 Å². The first-order valence-corrected chi connectivity index (χ1v) is 5.54. The van der Waals surface area contributed by atoms with E-state index >= 15 is 0 Å². The molecule has 1 fully saturated rings. The predicted octanol–water partition coefficient (Wildman–Crippen LogP) is 1.05. The summed E-state index contributed by atoms with van der Waals surface area (Å²) in [6.07, 6.45) is 3.96. The molecule has 4 heteroatoms. The molecule has 1 aliphatic heterocycles. The van der Waals surface area contributed by atoms with Crippen LogP contribution in [-0.4, -0.2) is 31.2 Å². The second-order valence-electron chi connectivity index (χ2n) is 4.71. The third-order valence-electron chi connectivity index (χ3n) is 2.10. The lowest BCUT2D eigenvalue weighted by molar-refractivity contribution is -0.138. The largest absolute Gasteiger partial charge is 0.462 e. The molecule has 0 saturated carbocycles. The lowest BCUT2D eigenvalue weighted by Crippen LogP contribution is -2.39. The van der Waals surface area contributed by atoms with Gasteiger partial charge in [0.1, 0.15) is 5.60 Å². The zero-order valence-electron chi connectivity index (χ0n) is 10.1. The van der Waals surface area contributed by atoms with Crippen LogP contribution in [0.25, 0.3) is 0 Å². The topological polar surface area (TPSA) is 64.3 Å². The van der Waals surface area contributed by atoms with Crippen molar-refractivity contribution in [2.24, 2.45) is 5.73 Å². The van der Waals surface area contributed by atoms with Crippen molar-refractivity contribution >= 4 is 6.47 Å². The summed E-state index contributed by atoms with van der Waals surface area (Å²) in [7, 11) is 0. The van der Waals surface area contributed by atoms with Crippen molar-refractivity contribution in [1.29, 1.82) is 0 Å². The monoisotopic (exact) mass is 216 g/mol. The zero-order valence-corrected chi connectivity index (χ0v) is 10.1. The van der Waals surface area contributed by atoms with Gasteiger partial charge in [0, 0.05) is 12.6 Å². The minimum absolute atomic E-state index is 0.318. The van der Waals surface area contributed by atoms with Crippen LogP contribution in [-0.2, 0) is 9.53 Å². The minimum atomic E-state index is -0.318. The Morgan fingerprint density at radius 1 is 1.47 bits per heavy atom. The summed E-state index contributed by atoms with van der Waals surface area (Å²) in [6, 6.07) is 0.615. The maximum atomic E-state index is 9.60. The molecule has 4 nitrogen and oxygen atoms in total. The summed E-state index contributed by atoms with van der Waals surface area (Å²) in [6.45, 7) is 7.89. The molecule has 0 unspecified atom stereocenters. The van der Waals surface area contributed by atoms with Gasteiger partial charge in [0.15, 0.2) is 0 Å². The van der Waals surface area contributed by atoms with Gasteiger partial charge in [0.05, 0.1) is 0 Å². The number of nitrogens with two attached hydrogens (primary N) is 1.